The second-order valence-electron chi connectivity index (χ2n) is 31.6. The summed E-state index contributed by atoms with van der Waals surface area (Å²) in [5.74, 6) is 2.80. The van der Waals surface area contributed by atoms with Gasteiger partial charge in [-0.05, 0) is 172 Å². The van der Waals surface area contributed by atoms with Crippen LogP contribution in [-0.4, -0.2) is 164 Å². The van der Waals surface area contributed by atoms with Crippen LogP contribution in [0.5, 0.6) is 0 Å². The third kappa shape index (κ3) is 47.3. The molecule has 0 bridgehead atoms. The molecule has 0 spiro atoms. The summed E-state index contributed by atoms with van der Waals surface area (Å²) in [5.41, 5.74) is 54.3. The summed E-state index contributed by atoms with van der Waals surface area (Å²) in [5, 5.41) is 0. The van der Waals surface area contributed by atoms with Crippen molar-refractivity contribution in [3.8, 4) is 0 Å². The molecule has 0 saturated heterocycles. The Morgan fingerprint density at radius 2 is 0.686 bits per heavy atom. The fraction of sp³-hybridized carbons (Fsp3) is 0.926. The van der Waals surface area contributed by atoms with E-state index >= 15 is 0 Å². The minimum atomic E-state index is -0.312. The van der Waals surface area contributed by atoms with Crippen molar-refractivity contribution < 1.29 is 56.8 Å². The zero-order valence-corrected chi connectivity index (χ0v) is 67.2. The molecule has 604 valence electrons. The first-order valence-corrected chi connectivity index (χ1v) is 41.1. The van der Waals surface area contributed by atoms with Gasteiger partial charge in [-0.3, -0.25) is 0 Å². The number of benzene rings is 1. The molecule has 102 heavy (non-hydrogen) atoms. The molecule has 1 aromatic carbocycles. The lowest BCUT2D eigenvalue weighted by molar-refractivity contribution is -0.196. The van der Waals surface area contributed by atoms with E-state index in [1.807, 2.05) is 58.0 Å². The Hall–Kier alpha value is -1.62. The summed E-state index contributed by atoms with van der Waals surface area (Å²) in [6.45, 7) is 31.1. The summed E-state index contributed by atoms with van der Waals surface area (Å²) >= 11 is 0. The van der Waals surface area contributed by atoms with Gasteiger partial charge in [0.25, 0.3) is 0 Å². The molecule has 0 radical (unpaired) electrons. The van der Waals surface area contributed by atoms with Crippen molar-refractivity contribution in [3.63, 3.8) is 0 Å². The molecule has 0 heterocycles. The van der Waals surface area contributed by atoms with Crippen molar-refractivity contribution in [3.05, 3.63) is 35.9 Å². The average molecular weight is 1460 g/mol. The van der Waals surface area contributed by atoms with E-state index in [2.05, 4.69) is 48.5 Å². The van der Waals surface area contributed by atoms with Crippen LogP contribution < -0.4 is 51.6 Å². The van der Waals surface area contributed by atoms with Crippen LogP contribution in [0.2, 0.25) is 0 Å². The highest BCUT2D eigenvalue weighted by Gasteiger charge is 2.33. The van der Waals surface area contributed by atoms with E-state index in [9.17, 15) is 0 Å². The molecule has 8 unspecified atom stereocenters. The summed E-state index contributed by atoms with van der Waals surface area (Å²) in [4.78, 5) is 0. The zero-order chi connectivity index (χ0) is 75.3. The van der Waals surface area contributed by atoms with E-state index in [1.165, 1.54) is 109 Å². The first kappa shape index (κ1) is 96.5. The van der Waals surface area contributed by atoms with Gasteiger partial charge in [-0.2, -0.15) is 0 Å². The Morgan fingerprint density at radius 1 is 0.363 bits per heavy atom. The number of rotatable bonds is 43. The second kappa shape index (κ2) is 58.4. The summed E-state index contributed by atoms with van der Waals surface area (Å²) < 4.78 is 67.5. The van der Waals surface area contributed by atoms with Gasteiger partial charge in [0, 0.05) is 51.9 Å². The zero-order valence-electron chi connectivity index (χ0n) is 67.2. The monoisotopic (exact) mass is 1450 g/mol. The molecule has 0 aliphatic heterocycles. The first-order chi connectivity index (χ1) is 48.9. The lowest BCUT2D eigenvalue weighted by atomic mass is 9.83. The van der Waals surface area contributed by atoms with Crippen LogP contribution in [0.4, 0.5) is 0 Å². The topological polar surface area (TPSA) is 345 Å². The summed E-state index contributed by atoms with van der Waals surface area (Å²) in [6.07, 6.45) is 38.4. The van der Waals surface area contributed by atoms with Gasteiger partial charge in [-0.1, -0.05) is 176 Å². The van der Waals surface area contributed by atoms with Crippen LogP contribution in [0, 0.1) is 23.7 Å². The maximum Gasteiger partial charge on any atom is 0.183 e. The molecule has 0 aromatic heterocycles. The molecule has 21 heteroatoms. The maximum absolute atomic E-state index is 6.30. The molecule has 0 amide bonds. The van der Waals surface area contributed by atoms with Crippen molar-refractivity contribution in [2.45, 2.75) is 365 Å². The molecule has 6 aliphatic carbocycles. The molecule has 1 aromatic rings. The number of hydrogen-bond donors (Lipinski definition) is 9. The molecular weight excluding hydrogens is 1290 g/mol. The van der Waals surface area contributed by atoms with Crippen LogP contribution >= 0.6 is 0 Å². The van der Waals surface area contributed by atoms with E-state index in [1.54, 1.807) is 0 Å². The Morgan fingerprint density at radius 3 is 1.05 bits per heavy atom. The third-order valence-electron chi connectivity index (χ3n) is 21.6. The van der Waals surface area contributed by atoms with Gasteiger partial charge in [-0.15, -0.1) is 0 Å². The lowest BCUT2D eigenvalue weighted by Crippen LogP contribution is -2.47. The van der Waals surface area contributed by atoms with Gasteiger partial charge in [0.15, 0.2) is 18.9 Å². The molecule has 6 aliphatic rings. The molecule has 21 nitrogen and oxygen atoms in total. The predicted octanol–water partition coefficient (Wildman–Crippen LogP) is 13.8. The largest absolute Gasteiger partial charge is 0.355 e. The van der Waals surface area contributed by atoms with E-state index in [0.29, 0.717) is 104 Å². The van der Waals surface area contributed by atoms with Crippen LogP contribution in [0.25, 0.3) is 0 Å². The Balaban J connectivity index is 0.000000419. The normalized spacial score (nSPS) is 23.9. The molecule has 18 N–H and O–H groups in total. The Kier molecular flexibility index (Phi) is 55.2. The number of nitrogens with two attached hydrogens (primary N) is 9. The fourth-order valence-electron chi connectivity index (χ4n) is 13.2. The van der Waals surface area contributed by atoms with E-state index in [-0.39, 0.29) is 65.2 Å². The second-order valence-corrected chi connectivity index (χ2v) is 31.6. The van der Waals surface area contributed by atoms with Crippen LogP contribution in [-0.2, 0) is 56.8 Å². The van der Waals surface area contributed by atoms with Crippen molar-refractivity contribution in [1.82, 2.24) is 0 Å². The Labute approximate surface area is 623 Å². The predicted molar refractivity (Wildman–Crippen MR) is 418 cm³/mol. The number of ether oxygens (including phenoxy) is 12. The highest BCUT2D eigenvalue weighted by atomic mass is 16.7. The summed E-state index contributed by atoms with van der Waals surface area (Å²) in [7, 11) is 0. The van der Waals surface area contributed by atoms with Crippen molar-refractivity contribution in [2.24, 2.45) is 75.3 Å². The van der Waals surface area contributed by atoms with Crippen molar-refractivity contribution in [2.75, 3.05) is 93.0 Å². The van der Waals surface area contributed by atoms with Gasteiger partial charge < -0.3 is 108 Å². The standard InChI is InChI=1S/C17H33NO2.C16H27NO2.C15H30N2O2.C13H26N2O2.C10H24N2O2.C10H23NO2/c1-3-14-4-8-16(9-5-14)19-13(2)20-17-10-6-15(12-18)7-11-17;1-4-13(3)11-18-16(19-12-15(17)5-2)14-9-7-6-8-10-14;16-14(7-3-1-4-8-14)11-18-13-19-12-15(17)9-5-2-6-10-15;14-12(5-1-2-6-12)9-16-11-17-10-13(15)7-3-4-8-13;1-4-9(11)6-13-8(3)14-7-10(12)5-2;1-4-9(3)6-12-8-13-7-10(11)5-2/h13-17H,3-12,18H2,1-2H3;6-10,13,15-16H,4-5,11-12,17H2,1-3H3;1-13,16-17H2;1-11,14-15H2;8-10H,4-7,11-12H2,1-3H3;9-10H,4-8,11H2,1-3H3. The molecule has 8 atom stereocenters. The van der Waals surface area contributed by atoms with Gasteiger partial charge >= 0.3 is 0 Å². The maximum atomic E-state index is 6.30. The minimum absolute atomic E-state index is 0.0439. The Bertz CT molecular complexity index is 1910. The van der Waals surface area contributed by atoms with E-state index in [0.717, 1.165) is 133 Å². The quantitative estimate of drug-likeness (QED) is 0.0217. The van der Waals surface area contributed by atoms with E-state index < -0.39 is 0 Å². The fourth-order valence-corrected chi connectivity index (χ4v) is 13.2. The van der Waals surface area contributed by atoms with Crippen molar-refractivity contribution >= 4 is 0 Å². The van der Waals surface area contributed by atoms with E-state index in [4.69, 9.17) is 108 Å². The highest BCUT2D eigenvalue weighted by molar-refractivity contribution is 5.16. The number of hydrogen-bond acceptors (Lipinski definition) is 21. The van der Waals surface area contributed by atoms with Gasteiger partial charge in [0.1, 0.15) is 20.4 Å². The summed E-state index contributed by atoms with van der Waals surface area (Å²) in [6, 6.07) is 10.5. The molecule has 6 saturated carbocycles. The van der Waals surface area contributed by atoms with Crippen molar-refractivity contribution in [1.29, 1.82) is 0 Å². The van der Waals surface area contributed by atoms with Gasteiger partial charge in [-0.25, -0.2) is 0 Å². The molecular formula is C81H163N9O12. The van der Waals surface area contributed by atoms with Gasteiger partial charge in [0.2, 0.25) is 0 Å². The first-order valence-electron chi connectivity index (χ1n) is 41.1. The van der Waals surface area contributed by atoms with Crippen LogP contribution in [0.1, 0.15) is 300 Å². The molecule has 6 fully saturated rings. The lowest BCUT2D eigenvalue weighted by Gasteiger charge is -2.34. The SMILES string of the molecule is CCC(C)COC(OCC(N)CC)c1ccccc1.CCC(C)COCOCC(N)CC.CCC(N)COC(C)OCC(N)CC.CCC1CCC(OC(C)OC2CCC(CN)CC2)CC1.NC1(COCOCC2(N)CCCC2)CCCC1.NC1(COCOCC2(N)CCCCC2)CCCCC1. The smallest absolute Gasteiger partial charge is 0.183 e. The highest BCUT2D eigenvalue weighted by Crippen LogP contribution is 2.33. The average Bonchev–Trinajstić information content (AvgIpc) is 1.47. The van der Waals surface area contributed by atoms with Crippen LogP contribution in [0.3, 0.4) is 0 Å². The van der Waals surface area contributed by atoms with Crippen LogP contribution in [0.15, 0.2) is 30.3 Å². The third-order valence-corrected chi connectivity index (χ3v) is 21.6. The van der Waals surface area contributed by atoms with Gasteiger partial charge in [0.05, 0.1) is 78.3 Å². The molecule has 7 rings (SSSR count). The minimum Gasteiger partial charge on any atom is -0.355 e.